The summed E-state index contributed by atoms with van der Waals surface area (Å²) in [6.07, 6.45) is 0. The summed E-state index contributed by atoms with van der Waals surface area (Å²) in [5.41, 5.74) is 2.80. The van der Waals surface area contributed by atoms with Crippen molar-refractivity contribution >= 4 is 21.7 Å². The van der Waals surface area contributed by atoms with Crippen LogP contribution in [-0.4, -0.2) is 38.6 Å². The second-order valence-electron chi connectivity index (χ2n) is 6.82. The molecule has 0 aliphatic heterocycles. The highest BCUT2D eigenvalue weighted by molar-refractivity contribution is 7.90. The Morgan fingerprint density at radius 3 is 2.28 bits per heavy atom. The number of hydrogen-bond donors (Lipinski definition) is 2. The number of rotatable bonds is 8. The second-order valence-corrected chi connectivity index (χ2v) is 8.93. The molecule has 0 aliphatic rings. The minimum atomic E-state index is -3.72. The normalized spacial score (nSPS) is 11.9. The van der Waals surface area contributed by atoms with Crippen molar-refractivity contribution in [2.45, 2.75) is 25.6 Å². The van der Waals surface area contributed by atoms with E-state index in [0.29, 0.717) is 11.1 Å². The molecule has 2 N–H and O–H groups in total. The molecule has 1 atom stereocenters. The second kappa shape index (κ2) is 9.85. The largest absolute Gasteiger partial charge is 0.341 e. The molecule has 2 amide bonds. The van der Waals surface area contributed by atoms with Gasteiger partial charge in [0.15, 0.2) is 9.84 Å². The molecular formula is C21H23N3O4S. The lowest BCUT2D eigenvalue weighted by atomic mass is 10.1. The Balaban J connectivity index is 2.20. The molecule has 2 aromatic rings. The van der Waals surface area contributed by atoms with E-state index in [1.165, 1.54) is 0 Å². The van der Waals surface area contributed by atoms with Gasteiger partial charge in [-0.25, -0.2) is 8.42 Å². The van der Waals surface area contributed by atoms with Gasteiger partial charge in [-0.15, -0.1) is 0 Å². The Morgan fingerprint density at radius 2 is 1.69 bits per heavy atom. The number of nitrogens with zero attached hydrogens (tertiary/aromatic N) is 1. The van der Waals surface area contributed by atoms with Gasteiger partial charge in [0.1, 0.15) is 12.6 Å². The fraction of sp³-hybridized carbons (Fsp3) is 0.286. The number of benzene rings is 2. The SMILES string of the molecule is Cc1cc(C)cc(CS(=O)(=O)C[C@H](NC(=O)c2ccccc2)C(=O)NCC#N)c1. The number of carbonyl (C=O) groups excluding carboxylic acids is 2. The lowest BCUT2D eigenvalue weighted by molar-refractivity contribution is -0.122. The van der Waals surface area contributed by atoms with Gasteiger partial charge in [-0.2, -0.15) is 5.26 Å². The van der Waals surface area contributed by atoms with Crippen molar-refractivity contribution in [3.63, 3.8) is 0 Å². The summed E-state index contributed by atoms with van der Waals surface area (Å²) in [5, 5.41) is 13.4. The summed E-state index contributed by atoms with van der Waals surface area (Å²) in [5.74, 6) is -2.11. The molecule has 29 heavy (non-hydrogen) atoms. The van der Waals surface area contributed by atoms with E-state index in [0.717, 1.165) is 11.1 Å². The third kappa shape index (κ3) is 7.05. The Labute approximate surface area is 170 Å². The highest BCUT2D eigenvalue weighted by Crippen LogP contribution is 2.13. The van der Waals surface area contributed by atoms with Gasteiger partial charge in [-0.05, 0) is 31.5 Å². The molecule has 0 heterocycles. The molecule has 0 radical (unpaired) electrons. The maximum Gasteiger partial charge on any atom is 0.251 e. The predicted octanol–water partition coefficient (Wildman–Crippen LogP) is 1.66. The summed E-state index contributed by atoms with van der Waals surface area (Å²) < 4.78 is 25.5. The highest BCUT2D eigenvalue weighted by Gasteiger charge is 2.27. The monoisotopic (exact) mass is 413 g/mol. The van der Waals surface area contributed by atoms with Gasteiger partial charge in [0.25, 0.3) is 5.91 Å². The van der Waals surface area contributed by atoms with Crippen LogP contribution in [0.5, 0.6) is 0 Å². The first-order chi connectivity index (χ1) is 13.7. The quantitative estimate of drug-likeness (QED) is 0.639. The van der Waals surface area contributed by atoms with E-state index in [1.807, 2.05) is 19.9 Å². The van der Waals surface area contributed by atoms with E-state index >= 15 is 0 Å². The third-order valence-corrected chi connectivity index (χ3v) is 5.70. The Kier molecular flexibility index (Phi) is 7.51. The van der Waals surface area contributed by atoms with Gasteiger partial charge in [-0.3, -0.25) is 9.59 Å². The lowest BCUT2D eigenvalue weighted by Gasteiger charge is -2.18. The van der Waals surface area contributed by atoms with E-state index in [1.54, 1.807) is 48.5 Å². The van der Waals surface area contributed by atoms with Crippen LogP contribution in [0.2, 0.25) is 0 Å². The minimum Gasteiger partial charge on any atom is -0.341 e. The summed E-state index contributed by atoms with van der Waals surface area (Å²) in [6.45, 7) is 3.47. The Hall–Kier alpha value is -3.18. The van der Waals surface area contributed by atoms with E-state index < -0.39 is 33.4 Å². The topological polar surface area (TPSA) is 116 Å². The van der Waals surface area contributed by atoms with Crippen LogP contribution in [0.4, 0.5) is 0 Å². The number of hydrogen-bond acceptors (Lipinski definition) is 5. The average Bonchev–Trinajstić information content (AvgIpc) is 2.64. The number of nitriles is 1. The van der Waals surface area contributed by atoms with Crippen LogP contribution >= 0.6 is 0 Å². The van der Waals surface area contributed by atoms with Crippen molar-refractivity contribution in [1.29, 1.82) is 5.26 Å². The van der Waals surface area contributed by atoms with Crippen LogP contribution in [0.25, 0.3) is 0 Å². The van der Waals surface area contributed by atoms with Gasteiger partial charge < -0.3 is 10.6 Å². The van der Waals surface area contributed by atoms with Crippen molar-refractivity contribution in [1.82, 2.24) is 10.6 Å². The summed E-state index contributed by atoms with van der Waals surface area (Å²) in [6, 6.07) is 14.1. The average molecular weight is 413 g/mol. The number of nitrogens with one attached hydrogen (secondary N) is 2. The zero-order valence-corrected chi connectivity index (χ0v) is 17.1. The molecule has 152 valence electrons. The minimum absolute atomic E-state index is 0.251. The van der Waals surface area contributed by atoms with E-state index in [9.17, 15) is 18.0 Å². The molecule has 8 heteroatoms. The number of aryl methyl sites for hydroxylation is 2. The fourth-order valence-corrected chi connectivity index (χ4v) is 4.52. The molecule has 0 unspecified atom stereocenters. The van der Waals surface area contributed by atoms with E-state index in [-0.39, 0.29) is 12.3 Å². The van der Waals surface area contributed by atoms with Gasteiger partial charge >= 0.3 is 0 Å². The molecule has 0 bridgehead atoms. The maximum atomic E-state index is 12.7. The van der Waals surface area contributed by atoms with E-state index in [4.69, 9.17) is 5.26 Å². The van der Waals surface area contributed by atoms with Crippen LogP contribution in [0.15, 0.2) is 48.5 Å². The predicted molar refractivity (Wildman–Crippen MR) is 110 cm³/mol. The lowest BCUT2D eigenvalue weighted by Crippen LogP contribution is -2.50. The van der Waals surface area contributed by atoms with Gasteiger partial charge in [0, 0.05) is 5.56 Å². The molecule has 0 aromatic heterocycles. The first kappa shape index (κ1) is 22.1. The van der Waals surface area contributed by atoms with Crippen LogP contribution in [-0.2, 0) is 20.4 Å². The molecule has 0 saturated carbocycles. The molecule has 0 aliphatic carbocycles. The first-order valence-electron chi connectivity index (χ1n) is 8.98. The molecular weight excluding hydrogens is 390 g/mol. The summed E-state index contributed by atoms with van der Waals surface area (Å²) >= 11 is 0. The molecule has 2 rings (SSSR count). The number of carbonyl (C=O) groups is 2. The zero-order valence-electron chi connectivity index (χ0n) is 16.3. The van der Waals surface area contributed by atoms with Gasteiger partial charge in [0.2, 0.25) is 5.91 Å². The van der Waals surface area contributed by atoms with Crippen LogP contribution in [0.1, 0.15) is 27.0 Å². The first-order valence-corrected chi connectivity index (χ1v) is 10.8. The Bertz CT molecular complexity index is 1010. The number of sulfone groups is 1. The van der Waals surface area contributed by atoms with E-state index in [2.05, 4.69) is 10.6 Å². The molecule has 0 spiro atoms. The summed E-state index contributed by atoms with van der Waals surface area (Å²) in [7, 11) is -3.72. The highest BCUT2D eigenvalue weighted by atomic mass is 32.2. The van der Waals surface area contributed by atoms with Gasteiger partial charge in [0.05, 0.1) is 17.6 Å². The van der Waals surface area contributed by atoms with Crippen molar-refractivity contribution in [3.8, 4) is 6.07 Å². The van der Waals surface area contributed by atoms with Crippen molar-refractivity contribution < 1.29 is 18.0 Å². The maximum absolute atomic E-state index is 12.7. The molecule has 0 fully saturated rings. The summed E-state index contributed by atoms with van der Waals surface area (Å²) in [4.78, 5) is 24.8. The van der Waals surface area contributed by atoms with Crippen molar-refractivity contribution in [2.24, 2.45) is 0 Å². The Morgan fingerprint density at radius 1 is 1.07 bits per heavy atom. The molecule has 7 nitrogen and oxygen atoms in total. The third-order valence-electron chi connectivity index (χ3n) is 4.09. The molecule has 2 aromatic carbocycles. The van der Waals surface area contributed by atoms with Gasteiger partial charge in [-0.1, -0.05) is 47.5 Å². The zero-order chi connectivity index (χ0) is 21.4. The van der Waals surface area contributed by atoms with Crippen LogP contribution in [0.3, 0.4) is 0 Å². The standard InChI is InChI=1S/C21H23N3O4S/c1-15-10-16(2)12-17(11-15)13-29(27,28)14-19(21(26)23-9-8-22)24-20(25)18-6-4-3-5-7-18/h3-7,10-12,19H,9,13-14H2,1-2H3,(H,23,26)(H,24,25)/t19-/m0/s1. The van der Waals surface area contributed by atoms with Crippen LogP contribution < -0.4 is 10.6 Å². The fourth-order valence-electron chi connectivity index (χ4n) is 2.98. The smallest absolute Gasteiger partial charge is 0.251 e. The van der Waals surface area contributed by atoms with Crippen molar-refractivity contribution in [2.75, 3.05) is 12.3 Å². The molecule has 0 saturated heterocycles. The number of amides is 2. The van der Waals surface area contributed by atoms with Crippen LogP contribution in [0, 0.1) is 25.2 Å². The van der Waals surface area contributed by atoms with Crippen molar-refractivity contribution in [3.05, 3.63) is 70.8 Å².